The summed E-state index contributed by atoms with van der Waals surface area (Å²) in [5.41, 5.74) is 5.89. The third-order valence-electron chi connectivity index (χ3n) is 2.20. The first-order valence-corrected chi connectivity index (χ1v) is 5.56. The van der Waals surface area contributed by atoms with E-state index in [1.807, 2.05) is 0 Å². The molecule has 0 amide bonds. The molecule has 6 nitrogen and oxygen atoms in total. The van der Waals surface area contributed by atoms with Crippen LogP contribution in [0.2, 0.25) is 0 Å². The fourth-order valence-corrected chi connectivity index (χ4v) is 1.33. The monoisotopic (exact) mass is 293 g/mol. The molecule has 1 rings (SSSR count). The Morgan fingerprint density at radius 2 is 2.20 bits per heavy atom. The second kappa shape index (κ2) is 6.94. The lowest BCUT2D eigenvalue weighted by atomic mass is 10.2. The second-order valence-corrected chi connectivity index (χ2v) is 3.71. The van der Waals surface area contributed by atoms with E-state index in [4.69, 9.17) is 5.73 Å². The first-order valence-electron chi connectivity index (χ1n) is 5.56. The molecular weight excluding hydrogens is 279 g/mol. The van der Waals surface area contributed by atoms with Crippen LogP contribution >= 0.6 is 0 Å². The highest BCUT2D eigenvalue weighted by atomic mass is 19.4. The molecule has 0 aliphatic rings. The van der Waals surface area contributed by atoms with Gasteiger partial charge in [-0.15, -0.1) is 0 Å². The predicted octanol–water partition coefficient (Wildman–Crippen LogP) is 1.44. The van der Waals surface area contributed by atoms with Gasteiger partial charge in [0.1, 0.15) is 12.4 Å². The van der Waals surface area contributed by atoms with E-state index in [1.54, 1.807) is 0 Å². The maximum Gasteiger partial charge on any atom is 0.411 e. The Bertz CT molecular complexity index is 466. The summed E-state index contributed by atoms with van der Waals surface area (Å²) in [6, 6.07) is 1.38. The van der Waals surface area contributed by atoms with E-state index in [0.29, 0.717) is 0 Å². The van der Waals surface area contributed by atoms with Gasteiger partial charge in [-0.25, -0.2) is 9.78 Å². The standard InChI is InChI=1S/C11H14F3N3O3/c1-19-10(18)7-2-3-16-9(8(7)15)17-4-5-20-6-11(12,13)14/h2-3H,4-6,15H2,1H3,(H,16,17). The molecule has 0 aliphatic heterocycles. The first kappa shape index (κ1) is 16.0. The number of methoxy groups -OCH3 is 1. The summed E-state index contributed by atoms with van der Waals surface area (Å²) in [6.07, 6.45) is -3.02. The molecule has 0 spiro atoms. The van der Waals surface area contributed by atoms with Gasteiger partial charge in [0, 0.05) is 12.7 Å². The molecule has 112 valence electrons. The van der Waals surface area contributed by atoms with Gasteiger partial charge in [0.25, 0.3) is 0 Å². The van der Waals surface area contributed by atoms with Gasteiger partial charge in [0.05, 0.1) is 25.0 Å². The largest absolute Gasteiger partial charge is 0.465 e. The number of hydrogen-bond acceptors (Lipinski definition) is 6. The van der Waals surface area contributed by atoms with E-state index < -0.39 is 18.8 Å². The van der Waals surface area contributed by atoms with Crippen LogP contribution in [0.5, 0.6) is 0 Å². The minimum atomic E-state index is -4.36. The number of nitrogens with zero attached hydrogens (tertiary/aromatic N) is 1. The van der Waals surface area contributed by atoms with Crippen molar-refractivity contribution in [1.29, 1.82) is 0 Å². The maximum absolute atomic E-state index is 11.8. The summed E-state index contributed by atoms with van der Waals surface area (Å²) in [5.74, 6) is -0.440. The minimum Gasteiger partial charge on any atom is -0.465 e. The molecule has 0 saturated carbocycles. The quantitative estimate of drug-likeness (QED) is 0.609. The number of pyridine rings is 1. The molecule has 0 unspecified atom stereocenters. The number of anilines is 2. The van der Waals surface area contributed by atoms with Crippen molar-refractivity contribution in [2.45, 2.75) is 6.18 Å². The van der Waals surface area contributed by atoms with Crippen molar-refractivity contribution in [3.8, 4) is 0 Å². The molecule has 3 N–H and O–H groups in total. The van der Waals surface area contributed by atoms with Gasteiger partial charge in [0.15, 0.2) is 0 Å². The normalized spacial score (nSPS) is 11.2. The second-order valence-electron chi connectivity index (χ2n) is 3.71. The molecule has 0 aromatic carbocycles. The SMILES string of the molecule is COC(=O)c1ccnc(NCCOCC(F)(F)F)c1N. The lowest BCUT2D eigenvalue weighted by Gasteiger charge is -2.11. The summed E-state index contributed by atoms with van der Waals surface area (Å²) >= 11 is 0. The van der Waals surface area contributed by atoms with Crippen LogP contribution in [0.3, 0.4) is 0 Å². The highest BCUT2D eigenvalue weighted by Gasteiger charge is 2.27. The molecule has 20 heavy (non-hydrogen) atoms. The molecule has 0 saturated heterocycles. The molecule has 1 aromatic heterocycles. The molecule has 0 radical (unpaired) electrons. The summed E-state index contributed by atoms with van der Waals surface area (Å²) < 4.78 is 44.4. The van der Waals surface area contributed by atoms with Crippen molar-refractivity contribution in [1.82, 2.24) is 4.98 Å². The zero-order valence-corrected chi connectivity index (χ0v) is 10.7. The minimum absolute atomic E-state index is 0.0650. The van der Waals surface area contributed by atoms with Crippen LogP contribution in [0, 0.1) is 0 Å². The Morgan fingerprint density at radius 3 is 2.80 bits per heavy atom. The zero-order valence-electron chi connectivity index (χ0n) is 10.7. The lowest BCUT2D eigenvalue weighted by Crippen LogP contribution is -2.20. The topological polar surface area (TPSA) is 86.5 Å². The summed E-state index contributed by atoms with van der Waals surface area (Å²) in [6.45, 7) is -1.43. The predicted molar refractivity (Wildman–Crippen MR) is 65.4 cm³/mol. The Labute approximate surface area is 113 Å². The van der Waals surface area contributed by atoms with Gasteiger partial charge in [-0.1, -0.05) is 0 Å². The molecule has 1 heterocycles. The number of rotatable bonds is 6. The van der Waals surface area contributed by atoms with Gasteiger partial charge in [-0.3, -0.25) is 0 Å². The summed E-state index contributed by atoms with van der Waals surface area (Å²) in [7, 11) is 1.21. The Morgan fingerprint density at radius 1 is 1.50 bits per heavy atom. The van der Waals surface area contributed by atoms with Crippen LogP contribution < -0.4 is 11.1 Å². The van der Waals surface area contributed by atoms with Crippen LogP contribution in [0.25, 0.3) is 0 Å². The van der Waals surface area contributed by atoms with Crippen LogP contribution in [0.4, 0.5) is 24.7 Å². The summed E-state index contributed by atoms with van der Waals surface area (Å²) in [4.78, 5) is 15.2. The van der Waals surface area contributed by atoms with Gasteiger partial charge in [0.2, 0.25) is 0 Å². The van der Waals surface area contributed by atoms with Crippen LogP contribution in [-0.4, -0.2) is 44.0 Å². The van der Waals surface area contributed by atoms with Crippen LogP contribution in [-0.2, 0) is 9.47 Å². The van der Waals surface area contributed by atoms with E-state index in [2.05, 4.69) is 19.8 Å². The third kappa shape index (κ3) is 4.92. The van der Waals surface area contributed by atoms with E-state index in [1.165, 1.54) is 19.4 Å². The zero-order chi connectivity index (χ0) is 15.2. The maximum atomic E-state index is 11.8. The Hall–Kier alpha value is -2.03. The number of aromatic nitrogens is 1. The van der Waals surface area contributed by atoms with E-state index in [-0.39, 0.29) is 30.2 Å². The molecular formula is C11H14F3N3O3. The molecule has 1 aromatic rings. The van der Waals surface area contributed by atoms with Gasteiger partial charge in [-0.2, -0.15) is 13.2 Å². The number of carbonyl (C=O) groups is 1. The number of esters is 1. The molecule has 0 fully saturated rings. The fourth-order valence-electron chi connectivity index (χ4n) is 1.33. The highest BCUT2D eigenvalue weighted by Crippen LogP contribution is 2.20. The Balaban J connectivity index is 2.51. The Kier molecular flexibility index (Phi) is 5.56. The summed E-state index contributed by atoms with van der Waals surface area (Å²) in [5, 5.41) is 2.68. The number of alkyl halides is 3. The molecule has 0 atom stereocenters. The number of nitrogens with one attached hydrogen (secondary N) is 1. The molecule has 0 aliphatic carbocycles. The number of hydrogen-bond donors (Lipinski definition) is 2. The van der Waals surface area contributed by atoms with Crippen molar-refractivity contribution in [2.75, 3.05) is 37.9 Å². The number of carbonyl (C=O) groups excluding carboxylic acids is 1. The van der Waals surface area contributed by atoms with Gasteiger partial charge < -0.3 is 20.5 Å². The molecule has 0 bridgehead atoms. The van der Waals surface area contributed by atoms with Crippen LogP contribution in [0.15, 0.2) is 12.3 Å². The highest BCUT2D eigenvalue weighted by molar-refractivity contribution is 5.97. The van der Waals surface area contributed by atoms with Crippen molar-refractivity contribution in [2.24, 2.45) is 0 Å². The third-order valence-corrected chi connectivity index (χ3v) is 2.20. The average molecular weight is 293 g/mol. The first-order chi connectivity index (χ1) is 9.35. The number of nitrogens with two attached hydrogens (primary N) is 1. The van der Waals surface area contributed by atoms with Crippen molar-refractivity contribution < 1.29 is 27.4 Å². The molecule has 9 heteroatoms. The van der Waals surface area contributed by atoms with Crippen LogP contribution in [0.1, 0.15) is 10.4 Å². The van der Waals surface area contributed by atoms with E-state index in [9.17, 15) is 18.0 Å². The lowest BCUT2D eigenvalue weighted by molar-refractivity contribution is -0.172. The van der Waals surface area contributed by atoms with Crippen molar-refractivity contribution in [3.63, 3.8) is 0 Å². The number of nitrogen functional groups attached to an aromatic ring is 1. The van der Waals surface area contributed by atoms with Crippen molar-refractivity contribution in [3.05, 3.63) is 17.8 Å². The number of halogens is 3. The van der Waals surface area contributed by atoms with Gasteiger partial charge in [-0.05, 0) is 6.07 Å². The van der Waals surface area contributed by atoms with E-state index >= 15 is 0 Å². The number of ether oxygens (including phenoxy) is 2. The fraction of sp³-hybridized carbons (Fsp3) is 0.455. The van der Waals surface area contributed by atoms with Gasteiger partial charge >= 0.3 is 12.1 Å². The van der Waals surface area contributed by atoms with E-state index in [0.717, 1.165) is 0 Å². The average Bonchev–Trinajstić information content (AvgIpc) is 2.38. The van der Waals surface area contributed by atoms with Crippen molar-refractivity contribution >= 4 is 17.5 Å². The smallest absolute Gasteiger partial charge is 0.411 e.